The van der Waals surface area contributed by atoms with Crippen LogP contribution in [0.5, 0.6) is 5.75 Å². The van der Waals surface area contributed by atoms with Crippen molar-refractivity contribution in [2.75, 3.05) is 11.9 Å². The van der Waals surface area contributed by atoms with Crippen LogP contribution in [0, 0.1) is 0 Å². The van der Waals surface area contributed by atoms with Crippen LogP contribution in [-0.2, 0) is 0 Å². The number of hydrogen-bond donors (Lipinski definition) is 2. The zero-order valence-corrected chi connectivity index (χ0v) is 16.5. The molecule has 0 fully saturated rings. The highest BCUT2D eigenvalue weighted by atomic mass is 32.1. The lowest BCUT2D eigenvalue weighted by molar-refractivity contribution is 0.475. The lowest BCUT2D eigenvalue weighted by atomic mass is 10.3. The largest absolute Gasteiger partial charge is 0.508 e. The molecule has 28 heavy (non-hydrogen) atoms. The zero-order chi connectivity index (χ0) is 19.3. The Labute approximate surface area is 169 Å². The molecule has 0 amide bonds. The van der Waals surface area contributed by atoms with Crippen LogP contribution in [0.15, 0.2) is 75.1 Å². The van der Waals surface area contributed by atoms with Crippen LogP contribution in [0.25, 0.3) is 9.53 Å². The van der Waals surface area contributed by atoms with Gasteiger partial charge in [-0.2, -0.15) is 0 Å². The van der Waals surface area contributed by atoms with E-state index in [2.05, 4.69) is 37.7 Å². The van der Waals surface area contributed by atoms with Gasteiger partial charge in [0.15, 0.2) is 0 Å². The van der Waals surface area contributed by atoms with E-state index in [1.54, 1.807) is 24.3 Å². The SMILES string of the molecule is CCNc1ccc(N=Nc2nc3sc(N=Nc4ccc(O)cc4)cc3s2)cc1. The van der Waals surface area contributed by atoms with Gasteiger partial charge >= 0.3 is 0 Å². The molecule has 0 spiro atoms. The lowest BCUT2D eigenvalue weighted by Crippen LogP contribution is -1.94. The number of thiazole rings is 1. The van der Waals surface area contributed by atoms with Crippen molar-refractivity contribution in [2.45, 2.75) is 6.92 Å². The number of rotatable bonds is 6. The van der Waals surface area contributed by atoms with E-state index in [1.807, 2.05) is 30.3 Å². The maximum Gasteiger partial charge on any atom is 0.231 e. The average molecular weight is 409 g/mol. The Kier molecular flexibility index (Phi) is 5.36. The zero-order valence-electron chi connectivity index (χ0n) is 14.9. The van der Waals surface area contributed by atoms with Gasteiger partial charge < -0.3 is 10.4 Å². The Morgan fingerprint density at radius 2 is 1.57 bits per heavy atom. The summed E-state index contributed by atoms with van der Waals surface area (Å²) in [5.74, 6) is 0.204. The fourth-order valence-corrected chi connectivity index (χ4v) is 4.23. The van der Waals surface area contributed by atoms with Gasteiger partial charge in [-0.25, -0.2) is 4.98 Å². The molecule has 0 unspecified atom stereocenters. The molecule has 0 aliphatic heterocycles. The molecule has 0 saturated heterocycles. The molecule has 0 radical (unpaired) electrons. The first-order chi connectivity index (χ1) is 13.7. The first-order valence-corrected chi connectivity index (χ1v) is 10.2. The van der Waals surface area contributed by atoms with Crippen molar-refractivity contribution >= 4 is 59.4 Å². The van der Waals surface area contributed by atoms with Gasteiger partial charge in [-0.1, -0.05) is 22.7 Å². The van der Waals surface area contributed by atoms with Gasteiger partial charge in [0.25, 0.3) is 0 Å². The Hall–Kier alpha value is -3.17. The van der Waals surface area contributed by atoms with Gasteiger partial charge in [0.2, 0.25) is 5.13 Å². The van der Waals surface area contributed by atoms with Crippen LogP contribution in [0.4, 0.5) is 27.2 Å². The Bertz CT molecular complexity index is 1100. The van der Waals surface area contributed by atoms with Crippen LogP contribution in [-0.4, -0.2) is 16.6 Å². The maximum absolute atomic E-state index is 9.29. The second kappa shape index (κ2) is 8.24. The number of aromatic nitrogens is 1. The molecule has 4 rings (SSSR count). The summed E-state index contributed by atoms with van der Waals surface area (Å²) in [4.78, 5) is 5.35. The van der Waals surface area contributed by atoms with Gasteiger partial charge in [-0.05, 0) is 61.5 Å². The number of benzene rings is 2. The van der Waals surface area contributed by atoms with E-state index < -0.39 is 0 Å². The van der Waals surface area contributed by atoms with Crippen molar-refractivity contribution in [3.05, 3.63) is 54.6 Å². The highest BCUT2D eigenvalue weighted by Gasteiger charge is 2.08. The smallest absolute Gasteiger partial charge is 0.231 e. The summed E-state index contributed by atoms with van der Waals surface area (Å²) in [6.07, 6.45) is 0. The molecule has 0 atom stereocenters. The highest BCUT2D eigenvalue weighted by molar-refractivity contribution is 7.30. The van der Waals surface area contributed by atoms with Crippen LogP contribution >= 0.6 is 22.7 Å². The van der Waals surface area contributed by atoms with Crippen LogP contribution in [0.1, 0.15) is 6.92 Å². The van der Waals surface area contributed by atoms with Crippen molar-refractivity contribution in [1.82, 2.24) is 4.98 Å². The molecule has 140 valence electrons. The standard InChI is InChI=1S/C19H16N6OS2/c1-2-20-12-3-5-13(6-4-12)23-25-19-21-18-16(27-19)11-17(28-18)24-22-14-7-9-15(26)10-8-14/h3-11,20,26H,2H2,1H3. The van der Waals surface area contributed by atoms with Crippen molar-refractivity contribution in [3.8, 4) is 5.75 Å². The average Bonchev–Trinajstić information content (AvgIpc) is 3.25. The van der Waals surface area contributed by atoms with E-state index in [-0.39, 0.29) is 5.75 Å². The summed E-state index contributed by atoms with van der Waals surface area (Å²) in [5, 5.41) is 30.8. The summed E-state index contributed by atoms with van der Waals surface area (Å²) in [5.41, 5.74) is 2.52. The van der Waals surface area contributed by atoms with Crippen LogP contribution in [0.2, 0.25) is 0 Å². The summed E-state index contributed by atoms with van der Waals surface area (Å²) >= 11 is 2.91. The second-order valence-corrected chi connectivity index (χ2v) is 7.76. The van der Waals surface area contributed by atoms with E-state index in [4.69, 9.17) is 0 Å². The molecule has 0 aliphatic rings. The van der Waals surface area contributed by atoms with Crippen molar-refractivity contribution < 1.29 is 5.11 Å². The minimum atomic E-state index is 0.204. The number of anilines is 1. The van der Waals surface area contributed by atoms with Gasteiger partial charge in [0, 0.05) is 12.2 Å². The predicted molar refractivity (Wildman–Crippen MR) is 115 cm³/mol. The van der Waals surface area contributed by atoms with Crippen molar-refractivity contribution in [3.63, 3.8) is 0 Å². The summed E-state index contributed by atoms with van der Waals surface area (Å²) in [6.45, 7) is 2.94. The molecule has 2 aromatic heterocycles. The van der Waals surface area contributed by atoms with E-state index >= 15 is 0 Å². The van der Waals surface area contributed by atoms with Gasteiger partial charge in [-0.15, -0.1) is 20.5 Å². The van der Waals surface area contributed by atoms with Crippen molar-refractivity contribution in [2.24, 2.45) is 20.5 Å². The summed E-state index contributed by atoms with van der Waals surface area (Å²) < 4.78 is 1.00. The normalized spacial score (nSPS) is 11.8. The number of nitrogens with one attached hydrogen (secondary N) is 1. The van der Waals surface area contributed by atoms with Crippen molar-refractivity contribution in [1.29, 1.82) is 0 Å². The fraction of sp³-hybridized carbons (Fsp3) is 0.105. The molecule has 4 aromatic rings. The van der Waals surface area contributed by atoms with Gasteiger partial charge in [-0.3, -0.25) is 0 Å². The third-order valence-corrected chi connectivity index (χ3v) is 5.61. The number of aromatic hydroxyl groups is 1. The number of nitrogens with zero attached hydrogens (tertiary/aromatic N) is 5. The van der Waals surface area contributed by atoms with Crippen LogP contribution in [0.3, 0.4) is 0 Å². The Balaban J connectivity index is 1.45. The molecule has 2 heterocycles. The minimum Gasteiger partial charge on any atom is -0.508 e. The predicted octanol–water partition coefficient (Wildman–Crippen LogP) is 7.33. The number of fused-ring (bicyclic) bond motifs is 1. The molecule has 0 aliphatic carbocycles. The van der Waals surface area contributed by atoms with Gasteiger partial charge in [0.1, 0.15) is 15.6 Å². The van der Waals surface area contributed by atoms with E-state index in [1.165, 1.54) is 22.7 Å². The van der Waals surface area contributed by atoms with E-state index in [0.717, 1.165) is 32.5 Å². The maximum atomic E-state index is 9.29. The summed E-state index contributed by atoms with van der Waals surface area (Å²) in [7, 11) is 0. The molecular formula is C19H16N6OS2. The van der Waals surface area contributed by atoms with Gasteiger partial charge in [0.05, 0.1) is 16.1 Å². The third-order valence-electron chi connectivity index (χ3n) is 3.68. The number of thiophene rings is 1. The number of hydrogen-bond acceptors (Lipinski definition) is 9. The fourth-order valence-electron chi connectivity index (χ4n) is 2.38. The lowest BCUT2D eigenvalue weighted by Gasteiger charge is -2.01. The first-order valence-electron chi connectivity index (χ1n) is 8.56. The molecule has 7 nitrogen and oxygen atoms in total. The molecule has 2 N–H and O–H groups in total. The third kappa shape index (κ3) is 4.38. The number of phenols is 1. The monoisotopic (exact) mass is 408 g/mol. The Morgan fingerprint density at radius 1 is 0.893 bits per heavy atom. The molecule has 0 bridgehead atoms. The second-order valence-electron chi connectivity index (χ2n) is 5.74. The molecule has 0 saturated carbocycles. The summed E-state index contributed by atoms with van der Waals surface area (Å²) in [6, 6.07) is 16.3. The quantitative estimate of drug-likeness (QED) is 0.327. The number of azo groups is 2. The topological polar surface area (TPSA) is 94.6 Å². The number of phenolic OH excluding ortho intramolecular Hbond substituents is 1. The van der Waals surface area contributed by atoms with E-state index in [9.17, 15) is 5.11 Å². The minimum absolute atomic E-state index is 0.204. The first kappa shape index (κ1) is 18.2. The molecular weight excluding hydrogens is 392 g/mol. The Morgan fingerprint density at radius 3 is 2.25 bits per heavy atom. The molecule has 2 aromatic carbocycles. The van der Waals surface area contributed by atoms with Crippen LogP contribution < -0.4 is 5.32 Å². The highest BCUT2D eigenvalue weighted by Crippen LogP contribution is 2.39. The molecule has 9 heteroatoms. The van der Waals surface area contributed by atoms with E-state index in [0.29, 0.717) is 10.8 Å².